The third kappa shape index (κ3) is 2.41. The van der Waals surface area contributed by atoms with Crippen LogP contribution in [-0.2, 0) is 0 Å². The van der Waals surface area contributed by atoms with Crippen molar-refractivity contribution in [3.05, 3.63) is 53.1 Å². The Balaban J connectivity index is 2.40. The van der Waals surface area contributed by atoms with Crippen LogP contribution in [0.3, 0.4) is 0 Å². The predicted molar refractivity (Wildman–Crippen MR) is 68.2 cm³/mol. The van der Waals surface area contributed by atoms with Crippen LogP contribution in [0.15, 0.2) is 42.5 Å². The van der Waals surface area contributed by atoms with Crippen molar-refractivity contribution in [2.75, 3.05) is 7.11 Å². The molecule has 0 unspecified atom stereocenters. The fourth-order valence-corrected chi connectivity index (χ4v) is 1.79. The number of ether oxygens (including phenoxy) is 1. The standard InChI is InChI=1S/C14H10ClNO/c1-17-13-6-4-10(5-7-13)11-2-3-12(9-16)14(15)8-11/h2-8H,1H3. The highest BCUT2D eigenvalue weighted by atomic mass is 35.5. The van der Waals surface area contributed by atoms with E-state index in [1.807, 2.05) is 36.4 Å². The Hall–Kier alpha value is -1.98. The van der Waals surface area contributed by atoms with Gasteiger partial charge in [-0.1, -0.05) is 29.8 Å². The predicted octanol–water partition coefficient (Wildman–Crippen LogP) is 3.89. The summed E-state index contributed by atoms with van der Waals surface area (Å²) in [5.41, 5.74) is 2.51. The van der Waals surface area contributed by atoms with E-state index in [4.69, 9.17) is 21.6 Å². The lowest BCUT2D eigenvalue weighted by Crippen LogP contribution is -1.84. The first kappa shape index (κ1) is 11.5. The molecule has 0 fully saturated rings. The summed E-state index contributed by atoms with van der Waals surface area (Å²) in [5, 5.41) is 9.27. The topological polar surface area (TPSA) is 33.0 Å². The molecule has 0 spiro atoms. The molecule has 0 aliphatic heterocycles. The number of hydrogen-bond acceptors (Lipinski definition) is 2. The molecule has 84 valence electrons. The average molecular weight is 244 g/mol. The van der Waals surface area contributed by atoms with E-state index < -0.39 is 0 Å². The molecule has 2 aromatic carbocycles. The molecular weight excluding hydrogens is 234 g/mol. The molecule has 2 rings (SSSR count). The van der Waals surface area contributed by atoms with Gasteiger partial charge in [0.2, 0.25) is 0 Å². The van der Waals surface area contributed by atoms with Crippen molar-refractivity contribution in [3.8, 4) is 22.9 Å². The molecule has 0 saturated carbocycles. The number of nitrogens with zero attached hydrogens (tertiary/aromatic N) is 1. The van der Waals surface area contributed by atoms with Crippen LogP contribution in [-0.4, -0.2) is 7.11 Å². The highest BCUT2D eigenvalue weighted by Crippen LogP contribution is 2.26. The molecule has 0 saturated heterocycles. The molecule has 0 bridgehead atoms. The molecule has 0 heterocycles. The summed E-state index contributed by atoms with van der Waals surface area (Å²) in [6.45, 7) is 0. The van der Waals surface area contributed by atoms with Gasteiger partial charge in [0.05, 0.1) is 17.7 Å². The molecule has 0 aliphatic rings. The van der Waals surface area contributed by atoms with Crippen molar-refractivity contribution >= 4 is 11.6 Å². The average Bonchev–Trinajstić information content (AvgIpc) is 2.39. The Labute approximate surface area is 105 Å². The van der Waals surface area contributed by atoms with E-state index in [1.54, 1.807) is 19.2 Å². The highest BCUT2D eigenvalue weighted by molar-refractivity contribution is 6.32. The quantitative estimate of drug-likeness (QED) is 0.802. The lowest BCUT2D eigenvalue weighted by Gasteiger charge is -2.05. The first-order chi connectivity index (χ1) is 8.24. The van der Waals surface area contributed by atoms with Crippen molar-refractivity contribution < 1.29 is 4.74 Å². The van der Waals surface area contributed by atoms with Crippen molar-refractivity contribution in [3.63, 3.8) is 0 Å². The fraction of sp³-hybridized carbons (Fsp3) is 0.0714. The summed E-state index contributed by atoms with van der Waals surface area (Å²) in [6.07, 6.45) is 0. The molecule has 0 atom stereocenters. The van der Waals surface area contributed by atoms with Gasteiger partial charge in [0.1, 0.15) is 11.8 Å². The summed E-state index contributed by atoms with van der Waals surface area (Å²) in [7, 11) is 1.63. The maximum atomic E-state index is 8.80. The van der Waals surface area contributed by atoms with Gasteiger partial charge < -0.3 is 4.74 Å². The summed E-state index contributed by atoms with van der Waals surface area (Å²) >= 11 is 5.99. The highest BCUT2D eigenvalue weighted by Gasteiger charge is 2.03. The van der Waals surface area contributed by atoms with Crippen molar-refractivity contribution in [2.45, 2.75) is 0 Å². The molecule has 17 heavy (non-hydrogen) atoms. The molecule has 0 aromatic heterocycles. The molecule has 2 nitrogen and oxygen atoms in total. The van der Waals surface area contributed by atoms with Crippen molar-refractivity contribution in [1.29, 1.82) is 5.26 Å². The monoisotopic (exact) mass is 243 g/mol. The van der Waals surface area contributed by atoms with E-state index >= 15 is 0 Å². The fourth-order valence-electron chi connectivity index (χ4n) is 1.57. The largest absolute Gasteiger partial charge is 0.497 e. The number of methoxy groups -OCH3 is 1. The second-order valence-electron chi connectivity index (χ2n) is 3.53. The zero-order valence-corrected chi connectivity index (χ0v) is 10.0. The van der Waals surface area contributed by atoms with Gasteiger partial charge in [0.15, 0.2) is 0 Å². The Morgan fingerprint density at radius 2 is 1.71 bits per heavy atom. The van der Waals surface area contributed by atoms with Gasteiger partial charge in [-0.2, -0.15) is 5.26 Å². The Bertz CT molecular complexity index is 570. The minimum atomic E-state index is 0.473. The van der Waals surface area contributed by atoms with Crippen LogP contribution >= 0.6 is 11.6 Å². The van der Waals surface area contributed by atoms with Gasteiger partial charge in [0, 0.05) is 0 Å². The van der Waals surface area contributed by atoms with E-state index in [-0.39, 0.29) is 0 Å². The van der Waals surface area contributed by atoms with E-state index in [0.29, 0.717) is 10.6 Å². The van der Waals surface area contributed by atoms with Crippen LogP contribution in [0.2, 0.25) is 5.02 Å². The smallest absolute Gasteiger partial charge is 0.118 e. The Kier molecular flexibility index (Phi) is 3.32. The molecule has 0 amide bonds. The second kappa shape index (κ2) is 4.90. The van der Waals surface area contributed by atoms with Crippen LogP contribution in [0, 0.1) is 11.3 Å². The van der Waals surface area contributed by atoms with Crippen LogP contribution in [0.5, 0.6) is 5.75 Å². The maximum absolute atomic E-state index is 8.80. The maximum Gasteiger partial charge on any atom is 0.118 e. The van der Waals surface area contributed by atoms with Crippen molar-refractivity contribution in [2.24, 2.45) is 0 Å². The molecular formula is C14H10ClNO. The van der Waals surface area contributed by atoms with Crippen LogP contribution < -0.4 is 4.74 Å². The van der Waals surface area contributed by atoms with E-state index in [0.717, 1.165) is 16.9 Å². The minimum absolute atomic E-state index is 0.473. The lowest BCUT2D eigenvalue weighted by molar-refractivity contribution is 0.415. The Morgan fingerprint density at radius 1 is 1.06 bits per heavy atom. The summed E-state index contributed by atoms with van der Waals surface area (Å²) in [5.74, 6) is 0.813. The SMILES string of the molecule is COc1ccc(-c2ccc(C#N)c(Cl)c2)cc1. The van der Waals surface area contributed by atoms with E-state index in [2.05, 4.69) is 0 Å². The van der Waals surface area contributed by atoms with Gasteiger partial charge in [0.25, 0.3) is 0 Å². The molecule has 2 aromatic rings. The third-order valence-electron chi connectivity index (χ3n) is 2.51. The first-order valence-corrected chi connectivity index (χ1v) is 5.46. The van der Waals surface area contributed by atoms with E-state index in [9.17, 15) is 0 Å². The summed E-state index contributed by atoms with van der Waals surface area (Å²) in [4.78, 5) is 0. The zero-order valence-electron chi connectivity index (χ0n) is 9.27. The number of halogens is 1. The van der Waals surface area contributed by atoms with Gasteiger partial charge in [-0.3, -0.25) is 0 Å². The molecule has 3 heteroatoms. The second-order valence-corrected chi connectivity index (χ2v) is 3.94. The number of nitriles is 1. The molecule has 0 radical (unpaired) electrons. The summed E-state index contributed by atoms with van der Waals surface area (Å²) in [6, 6.07) is 15.1. The van der Waals surface area contributed by atoms with Gasteiger partial charge in [-0.15, -0.1) is 0 Å². The van der Waals surface area contributed by atoms with Gasteiger partial charge in [-0.05, 0) is 35.4 Å². The van der Waals surface area contributed by atoms with Crippen molar-refractivity contribution in [1.82, 2.24) is 0 Å². The Morgan fingerprint density at radius 3 is 2.24 bits per heavy atom. The van der Waals surface area contributed by atoms with Gasteiger partial charge >= 0.3 is 0 Å². The van der Waals surface area contributed by atoms with Crippen LogP contribution in [0.4, 0.5) is 0 Å². The van der Waals surface area contributed by atoms with E-state index in [1.165, 1.54) is 0 Å². The number of benzene rings is 2. The lowest BCUT2D eigenvalue weighted by atomic mass is 10.0. The first-order valence-electron chi connectivity index (χ1n) is 5.08. The molecule has 0 N–H and O–H groups in total. The zero-order chi connectivity index (χ0) is 12.3. The third-order valence-corrected chi connectivity index (χ3v) is 2.83. The minimum Gasteiger partial charge on any atom is -0.497 e. The number of rotatable bonds is 2. The molecule has 0 aliphatic carbocycles. The number of hydrogen-bond donors (Lipinski definition) is 0. The van der Waals surface area contributed by atoms with Crippen LogP contribution in [0.25, 0.3) is 11.1 Å². The summed E-state index contributed by atoms with van der Waals surface area (Å²) < 4.78 is 5.10. The normalized spacial score (nSPS) is 9.71. The van der Waals surface area contributed by atoms with Crippen LogP contribution in [0.1, 0.15) is 5.56 Å². The van der Waals surface area contributed by atoms with Gasteiger partial charge in [-0.25, -0.2) is 0 Å².